The van der Waals surface area contributed by atoms with Crippen molar-refractivity contribution >= 4 is 46.2 Å². The third kappa shape index (κ3) is 1.28. The van der Waals surface area contributed by atoms with Gasteiger partial charge in [-0.2, -0.15) is 0 Å². The number of nitrogen functional groups attached to an aromatic ring is 2. The average Bonchev–Trinajstić information content (AvgIpc) is 2.08. The second kappa shape index (κ2) is 3.17. The van der Waals surface area contributed by atoms with Gasteiger partial charge in [-0.1, -0.05) is 34.8 Å². The molecule has 0 aliphatic carbocycles. The van der Waals surface area contributed by atoms with Gasteiger partial charge >= 0.3 is 0 Å². The van der Waals surface area contributed by atoms with Gasteiger partial charge in [0.1, 0.15) is 0 Å². The fourth-order valence-electron chi connectivity index (χ4n) is 0.671. The Morgan fingerprint density at radius 3 is 1.50 bits per heavy atom. The highest BCUT2D eigenvalue weighted by Crippen LogP contribution is 2.40. The van der Waals surface area contributed by atoms with E-state index in [2.05, 4.69) is 0 Å². The number of rotatable bonds is 0. The van der Waals surface area contributed by atoms with Gasteiger partial charge in [0.2, 0.25) is 0 Å². The van der Waals surface area contributed by atoms with E-state index in [4.69, 9.17) is 46.3 Å². The largest absolute Gasteiger partial charge is 0.395 e. The van der Waals surface area contributed by atoms with E-state index in [9.17, 15) is 4.39 Å². The van der Waals surface area contributed by atoms with Crippen LogP contribution in [0, 0.1) is 5.82 Å². The summed E-state index contributed by atoms with van der Waals surface area (Å²) in [5, 5.41) is -0.267. The molecule has 0 aliphatic heterocycles. The fraction of sp³-hybridized carbons (Fsp3) is 0. The summed E-state index contributed by atoms with van der Waals surface area (Å²) in [4.78, 5) is 0. The SMILES string of the molecule is Nc1c(F)c(N)c(Cl)c(Cl)c1Cl. The molecule has 2 nitrogen and oxygen atoms in total. The van der Waals surface area contributed by atoms with Gasteiger partial charge in [-0.05, 0) is 0 Å². The van der Waals surface area contributed by atoms with Crippen LogP contribution in [0.25, 0.3) is 0 Å². The number of anilines is 2. The summed E-state index contributed by atoms with van der Waals surface area (Å²) in [6.07, 6.45) is 0. The summed E-state index contributed by atoms with van der Waals surface area (Å²) in [5.74, 6) is -0.839. The number of benzene rings is 1. The maximum atomic E-state index is 13.0. The van der Waals surface area contributed by atoms with E-state index in [1.54, 1.807) is 0 Å². The first-order chi connectivity index (χ1) is 5.46. The van der Waals surface area contributed by atoms with E-state index in [0.717, 1.165) is 0 Å². The lowest BCUT2D eigenvalue weighted by molar-refractivity contribution is 0.637. The minimum Gasteiger partial charge on any atom is -0.395 e. The Balaban J connectivity index is 3.60. The van der Waals surface area contributed by atoms with Gasteiger partial charge in [0.25, 0.3) is 0 Å². The molecular formula is C6H4Cl3FN2. The number of hydrogen-bond acceptors (Lipinski definition) is 2. The van der Waals surface area contributed by atoms with Crippen LogP contribution in [-0.4, -0.2) is 0 Å². The maximum absolute atomic E-state index is 13.0. The van der Waals surface area contributed by atoms with Gasteiger partial charge in [0.05, 0.1) is 26.4 Å². The monoisotopic (exact) mass is 228 g/mol. The fourth-order valence-corrected chi connectivity index (χ4v) is 1.28. The van der Waals surface area contributed by atoms with Crippen LogP contribution in [0.1, 0.15) is 0 Å². The van der Waals surface area contributed by atoms with E-state index in [-0.39, 0.29) is 26.4 Å². The summed E-state index contributed by atoms with van der Waals surface area (Å²) >= 11 is 16.6. The van der Waals surface area contributed by atoms with Gasteiger partial charge in [0.15, 0.2) is 5.82 Å². The molecule has 0 radical (unpaired) electrons. The zero-order valence-electron chi connectivity index (χ0n) is 5.67. The molecule has 12 heavy (non-hydrogen) atoms. The molecule has 0 bridgehead atoms. The molecule has 0 atom stereocenters. The normalized spacial score (nSPS) is 10.3. The number of hydrogen-bond donors (Lipinski definition) is 2. The zero-order valence-corrected chi connectivity index (χ0v) is 7.93. The molecule has 0 unspecified atom stereocenters. The van der Waals surface area contributed by atoms with Gasteiger partial charge < -0.3 is 11.5 Å². The van der Waals surface area contributed by atoms with Crippen molar-refractivity contribution in [2.45, 2.75) is 0 Å². The molecule has 1 aromatic rings. The van der Waals surface area contributed by atoms with Crippen molar-refractivity contribution in [1.29, 1.82) is 0 Å². The summed E-state index contributed by atoms with van der Waals surface area (Å²) in [5.41, 5.74) is 9.87. The summed E-state index contributed by atoms with van der Waals surface area (Å²) in [6, 6.07) is 0. The molecule has 6 heteroatoms. The van der Waals surface area contributed by atoms with Crippen molar-refractivity contribution in [1.82, 2.24) is 0 Å². The van der Waals surface area contributed by atoms with Crippen LogP contribution >= 0.6 is 34.8 Å². The molecule has 1 rings (SSSR count). The van der Waals surface area contributed by atoms with Crippen molar-refractivity contribution in [2.75, 3.05) is 11.5 Å². The van der Waals surface area contributed by atoms with Crippen LogP contribution in [-0.2, 0) is 0 Å². The quantitative estimate of drug-likeness (QED) is 0.408. The van der Waals surface area contributed by atoms with E-state index in [1.165, 1.54) is 0 Å². The van der Waals surface area contributed by atoms with Crippen LogP contribution in [0.2, 0.25) is 15.1 Å². The van der Waals surface area contributed by atoms with Crippen molar-refractivity contribution in [3.8, 4) is 0 Å². The molecule has 0 fully saturated rings. The van der Waals surface area contributed by atoms with Crippen molar-refractivity contribution in [3.63, 3.8) is 0 Å². The van der Waals surface area contributed by atoms with E-state index < -0.39 is 5.82 Å². The van der Waals surface area contributed by atoms with Gasteiger partial charge in [-0.25, -0.2) is 4.39 Å². The Labute approximate surface area is 83.2 Å². The van der Waals surface area contributed by atoms with Gasteiger partial charge in [-0.3, -0.25) is 0 Å². The maximum Gasteiger partial charge on any atom is 0.172 e. The third-order valence-electron chi connectivity index (χ3n) is 1.33. The van der Waals surface area contributed by atoms with Crippen LogP contribution in [0.3, 0.4) is 0 Å². The van der Waals surface area contributed by atoms with Crippen LogP contribution in [0.15, 0.2) is 0 Å². The average molecular weight is 229 g/mol. The molecule has 0 aromatic heterocycles. The minimum atomic E-state index is -0.839. The molecule has 1 aromatic carbocycles. The molecular weight excluding hydrogens is 225 g/mol. The number of nitrogens with two attached hydrogens (primary N) is 2. The Morgan fingerprint density at radius 2 is 1.17 bits per heavy atom. The Morgan fingerprint density at radius 1 is 0.833 bits per heavy atom. The molecule has 0 saturated heterocycles. The predicted molar refractivity (Wildman–Crippen MR) is 50.3 cm³/mol. The third-order valence-corrected chi connectivity index (χ3v) is 2.69. The summed E-state index contributed by atoms with van der Waals surface area (Å²) in [7, 11) is 0. The molecule has 66 valence electrons. The second-order valence-corrected chi connectivity index (χ2v) is 3.22. The molecule has 0 heterocycles. The van der Waals surface area contributed by atoms with Crippen LogP contribution < -0.4 is 11.5 Å². The molecule has 0 spiro atoms. The van der Waals surface area contributed by atoms with Crippen LogP contribution in [0.4, 0.5) is 15.8 Å². The Bertz CT molecular complexity index is 235. The minimum absolute atomic E-state index is 0.0327. The van der Waals surface area contributed by atoms with Crippen LogP contribution in [0.5, 0.6) is 0 Å². The topological polar surface area (TPSA) is 52.0 Å². The van der Waals surface area contributed by atoms with Gasteiger partial charge in [0, 0.05) is 0 Å². The molecule has 4 N–H and O–H groups in total. The smallest absolute Gasteiger partial charge is 0.172 e. The van der Waals surface area contributed by atoms with E-state index >= 15 is 0 Å². The molecule has 0 aliphatic rings. The Kier molecular flexibility index (Phi) is 2.56. The van der Waals surface area contributed by atoms with E-state index in [1.807, 2.05) is 0 Å². The predicted octanol–water partition coefficient (Wildman–Crippen LogP) is 2.95. The zero-order chi connectivity index (χ0) is 9.46. The summed E-state index contributed by atoms with van der Waals surface area (Å²) in [6.45, 7) is 0. The number of halogens is 4. The lowest BCUT2D eigenvalue weighted by atomic mass is 10.2. The summed E-state index contributed by atoms with van der Waals surface area (Å²) < 4.78 is 13.0. The first-order valence-electron chi connectivity index (χ1n) is 2.83. The van der Waals surface area contributed by atoms with Crippen molar-refractivity contribution in [2.24, 2.45) is 0 Å². The first-order valence-corrected chi connectivity index (χ1v) is 3.97. The second-order valence-electron chi connectivity index (χ2n) is 2.08. The highest BCUT2D eigenvalue weighted by molar-refractivity contribution is 6.50. The molecule has 0 saturated carbocycles. The first kappa shape index (κ1) is 9.71. The standard InChI is InChI=1S/C6H4Cl3FN2/c7-1-2(8)5(11)4(10)6(12)3(1)9/h11-12H2. The lowest BCUT2D eigenvalue weighted by Crippen LogP contribution is -1.99. The van der Waals surface area contributed by atoms with Gasteiger partial charge in [-0.15, -0.1) is 0 Å². The van der Waals surface area contributed by atoms with E-state index in [0.29, 0.717) is 0 Å². The lowest BCUT2D eigenvalue weighted by Gasteiger charge is -2.07. The highest BCUT2D eigenvalue weighted by Gasteiger charge is 2.17. The highest BCUT2D eigenvalue weighted by atomic mass is 35.5. The Hall–Kier alpha value is -0.380. The van der Waals surface area contributed by atoms with Crippen molar-refractivity contribution in [3.05, 3.63) is 20.9 Å². The van der Waals surface area contributed by atoms with Crippen molar-refractivity contribution < 1.29 is 4.39 Å². The molecule has 0 amide bonds.